The minimum atomic E-state index is -1.08. The Kier molecular flexibility index (Phi) is 4.77. The Hall–Kier alpha value is -3.13. The van der Waals surface area contributed by atoms with Gasteiger partial charge in [-0.15, -0.1) is 0 Å². The summed E-state index contributed by atoms with van der Waals surface area (Å²) < 4.78 is 0. The van der Waals surface area contributed by atoms with E-state index in [1.807, 2.05) is 6.92 Å². The number of anilines is 2. The summed E-state index contributed by atoms with van der Waals surface area (Å²) in [4.78, 5) is 35.5. The first-order valence-corrected chi connectivity index (χ1v) is 8.10. The van der Waals surface area contributed by atoms with Gasteiger partial charge in [-0.05, 0) is 25.1 Å². The van der Waals surface area contributed by atoms with Crippen LogP contribution in [0.2, 0.25) is 5.02 Å². The van der Waals surface area contributed by atoms with Crippen molar-refractivity contribution in [3.05, 3.63) is 57.6 Å². The number of nitrogens with zero attached hydrogens (tertiary/aromatic N) is 3. The molecule has 0 spiro atoms. The van der Waals surface area contributed by atoms with Crippen LogP contribution in [0.3, 0.4) is 0 Å². The summed E-state index contributed by atoms with van der Waals surface area (Å²) in [6, 6.07) is 6.24. The molecule has 0 saturated carbocycles. The maximum atomic E-state index is 12.3. The van der Waals surface area contributed by atoms with Gasteiger partial charge in [0.15, 0.2) is 0 Å². The number of carboxylic acid groups (broad SMARTS) is 1. The first kappa shape index (κ1) is 17.7. The van der Waals surface area contributed by atoms with Crippen LogP contribution in [0.1, 0.15) is 18.5 Å². The number of halogens is 1. The predicted octanol–water partition coefficient (Wildman–Crippen LogP) is 3.26. The second-order valence-corrected chi connectivity index (χ2v) is 6.19. The molecule has 1 atom stereocenters. The van der Waals surface area contributed by atoms with Gasteiger partial charge in [-0.2, -0.15) is 0 Å². The zero-order chi connectivity index (χ0) is 18.8. The molecule has 3 N–H and O–H groups in total. The van der Waals surface area contributed by atoms with Crippen LogP contribution in [0.25, 0.3) is 11.0 Å². The number of carbonyl (C=O) groups is 1. The highest BCUT2D eigenvalue weighted by Gasteiger charge is 2.14. The second kappa shape index (κ2) is 7.01. The fraction of sp³-hybridized carbons (Fsp3) is 0.176. The van der Waals surface area contributed by atoms with Crippen LogP contribution >= 0.6 is 11.6 Å². The van der Waals surface area contributed by atoms with E-state index in [1.54, 1.807) is 24.3 Å². The first-order chi connectivity index (χ1) is 12.3. The molecular formula is C17H16ClN5O3. The molecule has 0 aliphatic carbocycles. The van der Waals surface area contributed by atoms with E-state index in [1.165, 1.54) is 19.4 Å². The van der Waals surface area contributed by atoms with Crippen LogP contribution in [0.15, 0.2) is 41.5 Å². The van der Waals surface area contributed by atoms with Gasteiger partial charge in [-0.3, -0.25) is 9.69 Å². The van der Waals surface area contributed by atoms with Crippen LogP contribution in [-0.2, 0) is 0 Å². The number of pyridine rings is 3. The molecule has 1 amide bonds. The van der Waals surface area contributed by atoms with Gasteiger partial charge < -0.3 is 15.4 Å². The molecule has 0 fully saturated rings. The number of hydrogen-bond donors (Lipinski definition) is 3. The molecule has 0 bridgehead atoms. The summed E-state index contributed by atoms with van der Waals surface area (Å²) in [6.07, 6.45) is 1.89. The molecule has 3 aromatic rings. The van der Waals surface area contributed by atoms with Crippen LogP contribution in [0.4, 0.5) is 16.3 Å². The second-order valence-electron chi connectivity index (χ2n) is 5.75. The molecule has 3 aromatic heterocycles. The standard InChI is InChI=1S/C17H16ClN5O3/c1-9(21-14-7-12(3-4-19-14)23(2)17(25)26)13-6-10-5-11(18)8-20-15(10)22-16(13)24/h3-9H,1-2H3,(H,19,21)(H,25,26)(H,20,22,24)/t9-/m0/s1. The number of aromatic nitrogens is 3. The third-order valence-corrected chi connectivity index (χ3v) is 4.14. The maximum absolute atomic E-state index is 12.3. The lowest BCUT2D eigenvalue weighted by atomic mass is 10.1. The zero-order valence-corrected chi connectivity index (χ0v) is 14.8. The topological polar surface area (TPSA) is 111 Å². The largest absolute Gasteiger partial charge is 0.465 e. The normalized spacial score (nSPS) is 12.0. The van der Waals surface area contributed by atoms with Crippen molar-refractivity contribution in [1.29, 1.82) is 0 Å². The Morgan fingerprint density at radius 2 is 2.12 bits per heavy atom. The van der Waals surface area contributed by atoms with Gasteiger partial charge in [0.2, 0.25) is 0 Å². The van der Waals surface area contributed by atoms with Gasteiger partial charge in [-0.25, -0.2) is 14.8 Å². The van der Waals surface area contributed by atoms with Crippen molar-refractivity contribution in [2.24, 2.45) is 0 Å². The van der Waals surface area contributed by atoms with E-state index >= 15 is 0 Å². The number of fused-ring (bicyclic) bond motifs is 1. The smallest absolute Gasteiger partial charge is 0.411 e. The van der Waals surface area contributed by atoms with Crippen LogP contribution < -0.4 is 15.8 Å². The molecule has 0 radical (unpaired) electrons. The summed E-state index contributed by atoms with van der Waals surface area (Å²) >= 11 is 5.96. The molecule has 3 rings (SSSR count). The SMILES string of the molecule is C[C@H](Nc1cc(N(C)C(=O)O)ccn1)c1cc2cc(Cl)cnc2[nH]c1=O. The Morgan fingerprint density at radius 1 is 1.35 bits per heavy atom. The highest BCUT2D eigenvalue weighted by molar-refractivity contribution is 6.31. The van der Waals surface area contributed by atoms with Crippen LogP contribution in [-0.4, -0.2) is 33.2 Å². The molecule has 3 heterocycles. The lowest BCUT2D eigenvalue weighted by Gasteiger charge is -2.17. The van der Waals surface area contributed by atoms with Crippen LogP contribution in [0, 0.1) is 0 Å². The van der Waals surface area contributed by atoms with Crippen molar-refractivity contribution in [1.82, 2.24) is 15.0 Å². The Labute approximate surface area is 153 Å². The fourth-order valence-electron chi connectivity index (χ4n) is 2.52. The lowest BCUT2D eigenvalue weighted by molar-refractivity contribution is 0.203. The number of aromatic amines is 1. The van der Waals surface area contributed by atoms with E-state index in [2.05, 4.69) is 20.3 Å². The third kappa shape index (κ3) is 3.60. The number of nitrogens with one attached hydrogen (secondary N) is 2. The van der Waals surface area contributed by atoms with Gasteiger partial charge in [0.25, 0.3) is 5.56 Å². The average molecular weight is 374 g/mol. The molecule has 26 heavy (non-hydrogen) atoms. The quantitative estimate of drug-likeness (QED) is 0.647. The highest BCUT2D eigenvalue weighted by atomic mass is 35.5. The van der Waals surface area contributed by atoms with Crippen molar-refractivity contribution in [2.75, 3.05) is 17.3 Å². The Balaban J connectivity index is 1.91. The Morgan fingerprint density at radius 3 is 2.85 bits per heavy atom. The van der Waals surface area contributed by atoms with Crippen LogP contribution in [0.5, 0.6) is 0 Å². The van der Waals surface area contributed by atoms with E-state index in [-0.39, 0.29) is 11.6 Å². The molecule has 0 aromatic carbocycles. The third-order valence-electron chi connectivity index (χ3n) is 3.94. The van der Waals surface area contributed by atoms with E-state index in [0.717, 1.165) is 4.90 Å². The first-order valence-electron chi connectivity index (χ1n) is 7.73. The van der Waals surface area contributed by atoms with Crippen molar-refractivity contribution in [3.8, 4) is 0 Å². The van der Waals surface area contributed by atoms with Gasteiger partial charge in [0, 0.05) is 36.5 Å². The number of hydrogen-bond acceptors (Lipinski definition) is 5. The average Bonchev–Trinajstić information content (AvgIpc) is 2.60. The molecule has 9 heteroatoms. The summed E-state index contributed by atoms with van der Waals surface area (Å²) in [5, 5.41) is 13.4. The molecule has 134 valence electrons. The molecule has 0 unspecified atom stereocenters. The van der Waals surface area contributed by atoms with E-state index < -0.39 is 6.09 Å². The summed E-state index contributed by atoms with van der Waals surface area (Å²) in [7, 11) is 1.44. The van der Waals surface area contributed by atoms with E-state index in [0.29, 0.717) is 33.1 Å². The van der Waals surface area contributed by atoms with E-state index in [4.69, 9.17) is 16.7 Å². The minimum absolute atomic E-state index is 0.272. The summed E-state index contributed by atoms with van der Waals surface area (Å²) in [5.41, 5.74) is 1.13. The monoisotopic (exact) mass is 373 g/mol. The van der Waals surface area contributed by atoms with Crippen molar-refractivity contribution in [3.63, 3.8) is 0 Å². The van der Waals surface area contributed by atoms with Crippen molar-refractivity contribution < 1.29 is 9.90 Å². The molecule has 0 aliphatic rings. The predicted molar refractivity (Wildman–Crippen MR) is 100 cm³/mol. The number of H-pyrrole nitrogens is 1. The van der Waals surface area contributed by atoms with Crippen molar-refractivity contribution >= 4 is 40.2 Å². The Bertz CT molecular complexity index is 1040. The number of amides is 1. The molecule has 0 saturated heterocycles. The van der Waals surface area contributed by atoms with Crippen molar-refractivity contribution in [2.45, 2.75) is 13.0 Å². The van der Waals surface area contributed by atoms with Gasteiger partial charge >= 0.3 is 6.09 Å². The minimum Gasteiger partial charge on any atom is -0.465 e. The highest BCUT2D eigenvalue weighted by Crippen LogP contribution is 2.22. The molecule has 0 aliphatic heterocycles. The lowest BCUT2D eigenvalue weighted by Crippen LogP contribution is -2.24. The summed E-state index contributed by atoms with van der Waals surface area (Å²) in [6.45, 7) is 1.81. The molecule has 8 nitrogen and oxygen atoms in total. The molecular weight excluding hydrogens is 358 g/mol. The fourth-order valence-corrected chi connectivity index (χ4v) is 2.69. The summed E-state index contributed by atoms with van der Waals surface area (Å²) in [5.74, 6) is 0.451. The number of rotatable bonds is 4. The van der Waals surface area contributed by atoms with Gasteiger partial charge in [0.1, 0.15) is 11.5 Å². The maximum Gasteiger partial charge on any atom is 0.411 e. The zero-order valence-electron chi connectivity index (χ0n) is 14.0. The van der Waals surface area contributed by atoms with Gasteiger partial charge in [0.05, 0.1) is 16.8 Å². The van der Waals surface area contributed by atoms with E-state index in [9.17, 15) is 9.59 Å². The van der Waals surface area contributed by atoms with Gasteiger partial charge in [-0.1, -0.05) is 11.6 Å².